The van der Waals surface area contributed by atoms with Gasteiger partial charge in [0.1, 0.15) is 0 Å². The number of aliphatic hydroxyl groups is 1. The van der Waals surface area contributed by atoms with Crippen molar-refractivity contribution in [1.82, 2.24) is 4.90 Å². The molecule has 102 valence electrons. The first kappa shape index (κ1) is 16.3. The Balaban J connectivity index is 4.02. The van der Waals surface area contributed by atoms with E-state index in [9.17, 15) is 9.90 Å². The van der Waals surface area contributed by atoms with Crippen molar-refractivity contribution in [2.24, 2.45) is 5.73 Å². The smallest absolute Gasteiger partial charge is 0.225 e. The van der Waals surface area contributed by atoms with Crippen LogP contribution >= 0.6 is 0 Å². The molecule has 17 heavy (non-hydrogen) atoms. The van der Waals surface area contributed by atoms with E-state index in [4.69, 9.17) is 15.2 Å². The van der Waals surface area contributed by atoms with Gasteiger partial charge in [0.15, 0.2) is 0 Å². The highest BCUT2D eigenvalue weighted by atomic mass is 16.5. The molecule has 6 heteroatoms. The molecule has 1 amide bonds. The maximum Gasteiger partial charge on any atom is 0.225 e. The van der Waals surface area contributed by atoms with Crippen LogP contribution in [0, 0.1) is 0 Å². The minimum atomic E-state index is -0.669. The lowest BCUT2D eigenvalue weighted by Gasteiger charge is -2.23. The van der Waals surface area contributed by atoms with Gasteiger partial charge in [-0.2, -0.15) is 0 Å². The molecule has 0 saturated carbocycles. The minimum Gasteiger partial charge on any atom is -0.389 e. The van der Waals surface area contributed by atoms with Gasteiger partial charge in [0.2, 0.25) is 5.91 Å². The molecule has 0 aliphatic carbocycles. The Morgan fingerprint density at radius 1 is 1.53 bits per heavy atom. The molecular weight excluding hydrogens is 224 g/mol. The van der Waals surface area contributed by atoms with Gasteiger partial charge in [-0.05, 0) is 6.92 Å². The van der Waals surface area contributed by atoms with Crippen LogP contribution in [0.2, 0.25) is 0 Å². The van der Waals surface area contributed by atoms with E-state index in [1.165, 1.54) is 12.0 Å². The fourth-order valence-corrected chi connectivity index (χ4v) is 1.46. The van der Waals surface area contributed by atoms with Crippen LogP contribution in [-0.4, -0.2) is 68.6 Å². The number of likely N-dealkylation sites (N-methyl/N-ethyl adjacent to an activating group) is 1. The van der Waals surface area contributed by atoms with Crippen molar-refractivity contribution in [3.05, 3.63) is 0 Å². The number of hydrogen-bond donors (Lipinski definition) is 2. The maximum atomic E-state index is 11.8. The number of methoxy groups -OCH3 is 1. The van der Waals surface area contributed by atoms with Gasteiger partial charge in [-0.3, -0.25) is 4.79 Å². The average Bonchev–Trinajstić information content (AvgIpc) is 2.28. The van der Waals surface area contributed by atoms with Crippen molar-refractivity contribution in [3.8, 4) is 0 Å². The third-order valence-corrected chi connectivity index (χ3v) is 2.34. The Labute approximate surface area is 103 Å². The molecule has 3 N–H and O–H groups in total. The quantitative estimate of drug-likeness (QED) is 0.558. The van der Waals surface area contributed by atoms with Gasteiger partial charge in [0.25, 0.3) is 0 Å². The zero-order chi connectivity index (χ0) is 13.3. The second kappa shape index (κ2) is 9.35. The first-order valence-electron chi connectivity index (χ1n) is 5.77. The van der Waals surface area contributed by atoms with Crippen LogP contribution in [0.15, 0.2) is 0 Å². The second-order valence-electron chi connectivity index (χ2n) is 3.90. The number of aliphatic hydroxyl groups excluding tert-OH is 1. The third-order valence-electron chi connectivity index (χ3n) is 2.34. The number of nitrogens with two attached hydrogens (primary N) is 1. The van der Waals surface area contributed by atoms with Gasteiger partial charge in [-0.15, -0.1) is 0 Å². The lowest BCUT2D eigenvalue weighted by molar-refractivity contribution is -0.134. The summed E-state index contributed by atoms with van der Waals surface area (Å²) in [5, 5.41) is 9.49. The zero-order valence-electron chi connectivity index (χ0n) is 10.9. The Kier molecular flexibility index (Phi) is 8.97. The molecule has 0 aromatic heterocycles. The molecule has 2 unspecified atom stereocenters. The largest absolute Gasteiger partial charge is 0.389 e. The number of carbonyl (C=O) groups is 1. The maximum absolute atomic E-state index is 11.8. The third kappa shape index (κ3) is 7.27. The highest BCUT2D eigenvalue weighted by molar-refractivity contribution is 5.76. The Morgan fingerprint density at radius 3 is 2.65 bits per heavy atom. The van der Waals surface area contributed by atoms with Crippen LogP contribution in [-0.2, 0) is 14.3 Å². The Hall–Kier alpha value is -0.690. The van der Waals surface area contributed by atoms with E-state index in [0.717, 1.165) is 0 Å². The number of rotatable bonds is 9. The number of hydrogen-bond acceptors (Lipinski definition) is 5. The zero-order valence-corrected chi connectivity index (χ0v) is 10.9. The fraction of sp³-hybridized carbons (Fsp3) is 0.909. The number of amides is 1. The Morgan fingerprint density at radius 2 is 2.18 bits per heavy atom. The number of ether oxygens (including phenoxy) is 2. The molecule has 0 aliphatic heterocycles. The summed E-state index contributed by atoms with van der Waals surface area (Å²) in [6.45, 7) is 3.16. The molecule has 2 atom stereocenters. The number of carbonyl (C=O) groups excluding carboxylic acids is 1. The van der Waals surface area contributed by atoms with Crippen LogP contribution in [0.1, 0.15) is 13.3 Å². The summed E-state index contributed by atoms with van der Waals surface area (Å²) < 4.78 is 10.1. The standard InChI is InChI=1S/C11H24N2O4/c1-4-17-10(6-12)5-11(15)13(2)7-9(14)8-16-3/h9-10,14H,4-8,12H2,1-3H3. The average molecular weight is 248 g/mol. The predicted octanol–water partition coefficient (Wildman–Crippen LogP) is -0.794. The molecule has 0 heterocycles. The molecule has 0 radical (unpaired) electrons. The molecular formula is C11H24N2O4. The van der Waals surface area contributed by atoms with Crippen molar-refractivity contribution in [2.75, 3.05) is 40.5 Å². The lowest BCUT2D eigenvalue weighted by atomic mass is 10.2. The predicted molar refractivity (Wildman–Crippen MR) is 64.6 cm³/mol. The van der Waals surface area contributed by atoms with Crippen LogP contribution in [0.4, 0.5) is 0 Å². The Bertz CT molecular complexity index is 214. The van der Waals surface area contributed by atoms with Crippen LogP contribution in [0.25, 0.3) is 0 Å². The summed E-state index contributed by atoms with van der Waals surface area (Å²) in [6.07, 6.45) is -0.688. The summed E-state index contributed by atoms with van der Waals surface area (Å²) in [5.74, 6) is -0.0935. The van der Waals surface area contributed by atoms with Crippen LogP contribution < -0.4 is 5.73 Å². The van der Waals surface area contributed by atoms with Crippen molar-refractivity contribution in [2.45, 2.75) is 25.6 Å². The van der Waals surface area contributed by atoms with Crippen molar-refractivity contribution >= 4 is 5.91 Å². The van der Waals surface area contributed by atoms with Crippen LogP contribution in [0.5, 0.6) is 0 Å². The summed E-state index contributed by atoms with van der Waals surface area (Å²) >= 11 is 0. The van der Waals surface area contributed by atoms with Gasteiger partial charge >= 0.3 is 0 Å². The molecule has 6 nitrogen and oxygen atoms in total. The van der Waals surface area contributed by atoms with E-state index in [2.05, 4.69) is 0 Å². The van der Waals surface area contributed by atoms with Crippen LogP contribution in [0.3, 0.4) is 0 Å². The summed E-state index contributed by atoms with van der Waals surface area (Å²) in [4.78, 5) is 13.2. The fourth-order valence-electron chi connectivity index (χ4n) is 1.46. The lowest BCUT2D eigenvalue weighted by Crippen LogP contribution is -2.39. The van der Waals surface area contributed by atoms with E-state index in [-0.39, 0.29) is 31.6 Å². The molecule has 0 aromatic rings. The van der Waals surface area contributed by atoms with Crippen molar-refractivity contribution in [3.63, 3.8) is 0 Å². The van der Waals surface area contributed by atoms with Gasteiger partial charge in [-0.25, -0.2) is 0 Å². The van der Waals surface area contributed by atoms with E-state index in [1.807, 2.05) is 6.92 Å². The second-order valence-corrected chi connectivity index (χ2v) is 3.90. The van der Waals surface area contributed by atoms with E-state index >= 15 is 0 Å². The molecule has 0 aromatic carbocycles. The van der Waals surface area contributed by atoms with Crippen molar-refractivity contribution < 1.29 is 19.4 Å². The normalized spacial score (nSPS) is 14.4. The molecule has 0 fully saturated rings. The first-order chi connectivity index (χ1) is 8.04. The van der Waals surface area contributed by atoms with E-state index in [0.29, 0.717) is 13.2 Å². The summed E-state index contributed by atoms with van der Waals surface area (Å²) in [5.41, 5.74) is 5.49. The molecule has 0 saturated heterocycles. The summed E-state index contributed by atoms with van der Waals surface area (Å²) in [7, 11) is 3.14. The monoisotopic (exact) mass is 248 g/mol. The van der Waals surface area contributed by atoms with Gasteiger partial charge < -0.3 is 25.2 Å². The minimum absolute atomic E-state index is 0.0935. The number of nitrogens with zero attached hydrogens (tertiary/aromatic N) is 1. The first-order valence-corrected chi connectivity index (χ1v) is 5.77. The SMILES string of the molecule is CCOC(CN)CC(=O)N(C)CC(O)COC. The topological polar surface area (TPSA) is 85.0 Å². The van der Waals surface area contributed by atoms with Crippen molar-refractivity contribution in [1.29, 1.82) is 0 Å². The molecule has 0 spiro atoms. The van der Waals surface area contributed by atoms with Gasteiger partial charge in [0, 0.05) is 33.9 Å². The molecule has 0 bridgehead atoms. The van der Waals surface area contributed by atoms with Gasteiger partial charge in [-0.1, -0.05) is 0 Å². The highest BCUT2D eigenvalue weighted by Crippen LogP contribution is 2.01. The summed E-state index contributed by atoms with van der Waals surface area (Å²) in [6, 6.07) is 0. The molecule has 0 aliphatic rings. The molecule has 0 rings (SSSR count). The van der Waals surface area contributed by atoms with E-state index in [1.54, 1.807) is 7.05 Å². The van der Waals surface area contributed by atoms with Gasteiger partial charge in [0.05, 0.1) is 25.2 Å². The van der Waals surface area contributed by atoms with E-state index < -0.39 is 6.10 Å². The highest BCUT2D eigenvalue weighted by Gasteiger charge is 2.18.